The minimum absolute atomic E-state index is 0.198. The number of para-hydroxylation sites is 1. The summed E-state index contributed by atoms with van der Waals surface area (Å²) < 4.78 is 0. The average molecular weight is 388 g/mol. The highest BCUT2D eigenvalue weighted by Crippen LogP contribution is 2.62. The molecule has 0 radical (unpaired) electrons. The van der Waals surface area contributed by atoms with Crippen LogP contribution in [0.25, 0.3) is 0 Å². The van der Waals surface area contributed by atoms with Crippen LogP contribution in [0.3, 0.4) is 0 Å². The van der Waals surface area contributed by atoms with Gasteiger partial charge in [-0.3, -0.25) is 4.99 Å². The smallest absolute Gasteiger partial charge is 0.128 e. The van der Waals surface area contributed by atoms with Gasteiger partial charge in [0.1, 0.15) is 5.75 Å². The highest BCUT2D eigenvalue weighted by molar-refractivity contribution is 5.87. The van der Waals surface area contributed by atoms with Gasteiger partial charge < -0.3 is 5.11 Å². The van der Waals surface area contributed by atoms with Gasteiger partial charge in [-0.2, -0.15) is 0 Å². The summed E-state index contributed by atoms with van der Waals surface area (Å²) in [6.07, 6.45) is 9.95. The van der Waals surface area contributed by atoms with Crippen molar-refractivity contribution >= 4 is 11.9 Å². The van der Waals surface area contributed by atoms with Crippen molar-refractivity contribution in [1.29, 1.82) is 0 Å². The van der Waals surface area contributed by atoms with Gasteiger partial charge in [0.2, 0.25) is 0 Å². The molecule has 4 saturated carbocycles. The van der Waals surface area contributed by atoms with E-state index in [4.69, 9.17) is 4.99 Å². The molecule has 2 aromatic carbocycles. The summed E-state index contributed by atoms with van der Waals surface area (Å²) in [6, 6.07) is 12.7. The Morgan fingerprint density at radius 3 is 2.24 bits per heavy atom. The number of hydrogen-bond donors (Lipinski definition) is 1. The molecule has 2 nitrogen and oxygen atoms in total. The molecule has 4 bridgehead atoms. The van der Waals surface area contributed by atoms with E-state index in [0.717, 1.165) is 29.0 Å². The fourth-order valence-corrected chi connectivity index (χ4v) is 6.98. The Balaban J connectivity index is 1.53. The third-order valence-corrected chi connectivity index (χ3v) is 7.79. The predicted octanol–water partition coefficient (Wildman–Crippen LogP) is 7.04. The number of benzene rings is 2. The topological polar surface area (TPSA) is 32.6 Å². The summed E-state index contributed by atoms with van der Waals surface area (Å²) in [5.41, 5.74) is 5.75. The molecule has 4 fully saturated rings. The van der Waals surface area contributed by atoms with E-state index in [-0.39, 0.29) is 5.41 Å². The lowest BCUT2D eigenvalue weighted by Crippen LogP contribution is -2.48. The Morgan fingerprint density at radius 1 is 1.00 bits per heavy atom. The van der Waals surface area contributed by atoms with Crippen LogP contribution in [-0.4, -0.2) is 11.3 Å². The summed E-state index contributed by atoms with van der Waals surface area (Å²) in [4.78, 5) is 4.80. The molecular formula is C27H33NO. The van der Waals surface area contributed by atoms with E-state index >= 15 is 0 Å². The van der Waals surface area contributed by atoms with Gasteiger partial charge in [-0.05, 0) is 97.8 Å². The van der Waals surface area contributed by atoms with Crippen LogP contribution in [0.15, 0.2) is 41.4 Å². The first kappa shape index (κ1) is 18.9. The fraction of sp³-hybridized carbons (Fsp3) is 0.519. The summed E-state index contributed by atoms with van der Waals surface area (Å²) in [6.45, 7) is 6.55. The SMILES string of the molecule is Cc1cc(C=Nc2ccccc2C(C)C)c(O)c(C23CC4CC(CC(C4)C2)C3)c1. The standard InChI is InChI=1S/C27H33NO/c1-17(2)23-6-4-5-7-25(23)28-16-22-8-18(3)9-24(26(22)29)27-13-19-10-20(14-27)12-21(11-19)15-27/h4-9,16-17,19-21,29H,10-15H2,1-3H3. The zero-order valence-corrected chi connectivity index (χ0v) is 18.0. The molecule has 152 valence electrons. The molecule has 4 aliphatic rings. The van der Waals surface area contributed by atoms with Crippen LogP contribution in [-0.2, 0) is 5.41 Å². The molecule has 0 unspecified atom stereocenters. The number of aromatic hydroxyl groups is 1. The number of hydrogen-bond acceptors (Lipinski definition) is 2. The van der Waals surface area contributed by atoms with Crippen molar-refractivity contribution in [2.45, 2.75) is 70.6 Å². The third kappa shape index (κ3) is 3.31. The monoisotopic (exact) mass is 387 g/mol. The van der Waals surface area contributed by atoms with Crippen LogP contribution in [0.5, 0.6) is 5.75 Å². The second kappa shape index (κ2) is 7.00. The van der Waals surface area contributed by atoms with Crippen molar-refractivity contribution < 1.29 is 5.11 Å². The Kier molecular flexibility index (Phi) is 4.57. The van der Waals surface area contributed by atoms with E-state index in [1.165, 1.54) is 55.2 Å². The second-order valence-electron chi connectivity index (χ2n) is 10.4. The number of aryl methyl sites for hydroxylation is 1. The van der Waals surface area contributed by atoms with Crippen LogP contribution in [0.4, 0.5) is 5.69 Å². The lowest BCUT2D eigenvalue weighted by Gasteiger charge is -2.57. The van der Waals surface area contributed by atoms with E-state index in [1.54, 1.807) is 0 Å². The molecular weight excluding hydrogens is 354 g/mol. The fourth-order valence-electron chi connectivity index (χ4n) is 6.98. The first-order valence-corrected chi connectivity index (χ1v) is 11.4. The number of aliphatic imine (C=N–C) groups is 1. The molecule has 2 heteroatoms. The van der Waals surface area contributed by atoms with Gasteiger partial charge >= 0.3 is 0 Å². The van der Waals surface area contributed by atoms with E-state index in [1.807, 2.05) is 12.3 Å². The summed E-state index contributed by atoms with van der Waals surface area (Å²) >= 11 is 0. The zero-order valence-electron chi connectivity index (χ0n) is 18.0. The first-order valence-electron chi connectivity index (χ1n) is 11.4. The van der Waals surface area contributed by atoms with Crippen LogP contribution in [0, 0.1) is 24.7 Å². The second-order valence-corrected chi connectivity index (χ2v) is 10.4. The van der Waals surface area contributed by atoms with E-state index in [9.17, 15) is 5.11 Å². The maximum atomic E-state index is 11.3. The summed E-state index contributed by atoms with van der Waals surface area (Å²) in [5, 5.41) is 11.3. The van der Waals surface area contributed by atoms with Crippen LogP contribution in [0.2, 0.25) is 0 Å². The van der Waals surface area contributed by atoms with Crippen molar-refractivity contribution in [2.75, 3.05) is 0 Å². The van der Waals surface area contributed by atoms with Gasteiger partial charge in [0.05, 0.1) is 5.69 Å². The molecule has 0 heterocycles. The van der Waals surface area contributed by atoms with Crippen molar-refractivity contribution in [3.63, 3.8) is 0 Å². The molecule has 1 N–H and O–H groups in total. The van der Waals surface area contributed by atoms with Gasteiger partial charge in [0, 0.05) is 17.3 Å². The molecule has 0 atom stereocenters. The number of nitrogens with zero attached hydrogens (tertiary/aromatic N) is 1. The molecule has 0 spiro atoms. The van der Waals surface area contributed by atoms with E-state index in [2.05, 4.69) is 51.1 Å². The highest BCUT2D eigenvalue weighted by atomic mass is 16.3. The lowest BCUT2D eigenvalue weighted by atomic mass is 9.48. The van der Waals surface area contributed by atoms with Crippen LogP contribution < -0.4 is 0 Å². The van der Waals surface area contributed by atoms with Crippen molar-refractivity contribution in [3.8, 4) is 5.75 Å². The van der Waals surface area contributed by atoms with Crippen molar-refractivity contribution in [2.24, 2.45) is 22.7 Å². The molecule has 0 aliphatic heterocycles. The van der Waals surface area contributed by atoms with Crippen molar-refractivity contribution in [1.82, 2.24) is 0 Å². The number of phenols is 1. The molecule has 29 heavy (non-hydrogen) atoms. The van der Waals surface area contributed by atoms with Crippen molar-refractivity contribution in [3.05, 3.63) is 58.7 Å². The normalized spacial score (nSPS) is 30.6. The highest BCUT2D eigenvalue weighted by Gasteiger charge is 2.52. The molecule has 0 aromatic heterocycles. The van der Waals surface area contributed by atoms with Gasteiger partial charge in [0.15, 0.2) is 0 Å². The average Bonchev–Trinajstić information content (AvgIpc) is 2.67. The molecule has 6 rings (SSSR count). The van der Waals surface area contributed by atoms with Gasteiger partial charge in [-0.25, -0.2) is 0 Å². The Labute approximate surface area is 175 Å². The molecule has 2 aromatic rings. The minimum Gasteiger partial charge on any atom is -0.507 e. The lowest BCUT2D eigenvalue weighted by molar-refractivity contribution is -0.00616. The van der Waals surface area contributed by atoms with Crippen LogP contribution >= 0.6 is 0 Å². The van der Waals surface area contributed by atoms with Gasteiger partial charge in [-0.1, -0.05) is 38.1 Å². The summed E-state index contributed by atoms with van der Waals surface area (Å²) in [7, 11) is 0. The molecule has 4 aliphatic carbocycles. The van der Waals surface area contributed by atoms with Gasteiger partial charge in [0.25, 0.3) is 0 Å². The van der Waals surface area contributed by atoms with Gasteiger partial charge in [-0.15, -0.1) is 0 Å². The Morgan fingerprint density at radius 2 is 1.62 bits per heavy atom. The summed E-state index contributed by atoms with van der Waals surface area (Å²) in [5.74, 6) is 3.52. The Bertz CT molecular complexity index is 920. The van der Waals surface area contributed by atoms with E-state index in [0.29, 0.717) is 11.7 Å². The third-order valence-electron chi connectivity index (χ3n) is 7.79. The number of phenolic OH excluding ortho intramolecular Hbond substituents is 1. The first-order chi connectivity index (χ1) is 13.9. The maximum absolute atomic E-state index is 11.3. The zero-order chi connectivity index (χ0) is 20.2. The molecule has 0 saturated heterocycles. The largest absolute Gasteiger partial charge is 0.507 e. The Hall–Kier alpha value is -2.09. The van der Waals surface area contributed by atoms with Crippen LogP contribution in [0.1, 0.15) is 80.5 Å². The quantitative estimate of drug-likeness (QED) is 0.561. The minimum atomic E-state index is 0.198. The van der Waals surface area contributed by atoms with E-state index < -0.39 is 0 Å². The maximum Gasteiger partial charge on any atom is 0.128 e. The predicted molar refractivity (Wildman–Crippen MR) is 120 cm³/mol. The molecule has 0 amide bonds. The number of rotatable bonds is 4.